The van der Waals surface area contributed by atoms with Gasteiger partial charge in [0.1, 0.15) is 11.5 Å². The van der Waals surface area contributed by atoms with Crippen molar-refractivity contribution >= 4 is 17.9 Å². The van der Waals surface area contributed by atoms with E-state index >= 15 is 0 Å². The third kappa shape index (κ3) is 6.74. The number of carbonyl (C=O) groups excluding carboxylic acids is 2. The normalized spacial score (nSPS) is 12.0. The Hall–Kier alpha value is -4.00. The molecule has 2 N–H and O–H groups in total. The number of carbonyl (C=O) groups is 2. The number of rotatable bonds is 10. The molecule has 3 aromatic rings. The number of methoxy groups -OCH3 is 2. The lowest BCUT2D eigenvalue weighted by molar-refractivity contribution is -0.118. The average molecular weight is 449 g/mol. The van der Waals surface area contributed by atoms with Gasteiger partial charge in [-0.15, -0.1) is 0 Å². The number of amides is 2. The van der Waals surface area contributed by atoms with E-state index in [2.05, 4.69) is 22.8 Å². The van der Waals surface area contributed by atoms with E-state index in [1.165, 1.54) is 32.1 Å². The second-order valence-electron chi connectivity index (χ2n) is 7.50. The van der Waals surface area contributed by atoms with Gasteiger partial charge in [-0.3, -0.25) is 9.59 Å². The van der Waals surface area contributed by atoms with Gasteiger partial charge >= 0.3 is 0 Å². The molecular weight excluding hydrogens is 420 g/mol. The maximum Gasteiger partial charge on any atom is 0.268 e. The summed E-state index contributed by atoms with van der Waals surface area (Å²) >= 11 is 0. The zero-order chi connectivity index (χ0) is 23.6. The summed E-state index contributed by atoms with van der Waals surface area (Å²) in [5.74, 6) is 0.512. The molecule has 1 atom stereocenters. The van der Waals surface area contributed by atoms with Crippen LogP contribution in [0, 0.1) is 0 Å². The number of aryl methyl sites for hydroxylation is 1. The molecular formula is C26H28N2O5. The molecule has 0 radical (unpaired) electrons. The van der Waals surface area contributed by atoms with Gasteiger partial charge in [0.25, 0.3) is 11.8 Å². The minimum atomic E-state index is -0.458. The van der Waals surface area contributed by atoms with Crippen LogP contribution in [0.25, 0.3) is 6.08 Å². The van der Waals surface area contributed by atoms with Crippen molar-refractivity contribution in [3.63, 3.8) is 0 Å². The molecule has 0 bridgehead atoms. The molecule has 3 rings (SSSR count). The van der Waals surface area contributed by atoms with Gasteiger partial charge in [-0.2, -0.15) is 0 Å². The number of hydrogen-bond donors (Lipinski definition) is 2. The molecule has 2 aromatic carbocycles. The molecule has 0 saturated carbocycles. The number of ether oxygens (including phenoxy) is 2. The molecule has 2 amide bonds. The first-order chi connectivity index (χ1) is 16.0. The van der Waals surface area contributed by atoms with Gasteiger partial charge in [0.15, 0.2) is 11.5 Å². The van der Waals surface area contributed by atoms with Crippen LogP contribution in [0.3, 0.4) is 0 Å². The van der Waals surface area contributed by atoms with E-state index < -0.39 is 11.8 Å². The molecule has 0 saturated heterocycles. The van der Waals surface area contributed by atoms with E-state index in [1.54, 1.807) is 30.3 Å². The fourth-order valence-electron chi connectivity index (χ4n) is 3.25. The highest BCUT2D eigenvalue weighted by Gasteiger charge is 2.18. The lowest BCUT2D eigenvalue weighted by Gasteiger charge is -2.16. The van der Waals surface area contributed by atoms with Crippen LogP contribution in [-0.2, 0) is 11.2 Å². The molecule has 33 heavy (non-hydrogen) atoms. The van der Waals surface area contributed by atoms with Crippen LogP contribution < -0.4 is 20.1 Å². The fraction of sp³-hybridized carbons (Fsp3) is 0.231. The zero-order valence-electron chi connectivity index (χ0n) is 19.0. The van der Waals surface area contributed by atoms with Crippen molar-refractivity contribution < 1.29 is 23.5 Å². The molecule has 0 aliphatic carbocycles. The van der Waals surface area contributed by atoms with Gasteiger partial charge in [-0.05, 0) is 55.7 Å². The van der Waals surface area contributed by atoms with Crippen LogP contribution in [0.4, 0.5) is 0 Å². The first-order valence-corrected chi connectivity index (χ1v) is 10.6. The molecule has 1 heterocycles. The average Bonchev–Trinajstić information content (AvgIpc) is 3.35. The van der Waals surface area contributed by atoms with Crippen LogP contribution in [0.15, 0.2) is 77.0 Å². The van der Waals surface area contributed by atoms with E-state index in [-0.39, 0.29) is 11.7 Å². The standard InChI is InChI=1S/C26H28N2O5/c1-18(11-12-19-8-5-4-6-9-19)27-26(30)22(17-21-10-7-15-33-21)28-25(29)20-13-14-23(31-2)24(16-20)32-3/h4-10,13-18H,11-12H2,1-3H3,(H,27,30)(H,28,29)/b22-17-/t18-/m0/s1. The van der Waals surface area contributed by atoms with Gasteiger partial charge in [0, 0.05) is 17.7 Å². The maximum absolute atomic E-state index is 13.0. The summed E-state index contributed by atoms with van der Waals surface area (Å²) in [6.45, 7) is 1.93. The van der Waals surface area contributed by atoms with Crippen molar-refractivity contribution in [1.29, 1.82) is 0 Å². The van der Waals surface area contributed by atoms with E-state index in [9.17, 15) is 9.59 Å². The van der Waals surface area contributed by atoms with Crippen LogP contribution in [0.1, 0.15) is 35.0 Å². The maximum atomic E-state index is 13.0. The number of nitrogens with one attached hydrogen (secondary N) is 2. The summed E-state index contributed by atoms with van der Waals surface area (Å²) in [5, 5.41) is 5.65. The Kier molecular flexibility index (Phi) is 8.30. The Morgan fingerprint density at radius 2 is 1.76 bits per heavy atom. The summed E-state index contributed by atoms with van der Waals surface area (Å²) < 4.78 is 15.8. The number of hydrogen-bond acceptors (Lipinski definition) is 5. The third-order valence-electron chi connectivity index (χ3n) is 5.05. The van der Waals surface area contributed by atoms with Crippen molar-refractivity contribution in [1.82, 2.24) is 10.6 Å². The Bertz CT molecular complexity index is 1090. The van der Waals surface area contributed by atoms with E-state index in [0.717, 1.165) is 12.8 Å². The molecule has 0 fully saturated rings. The van der Waals surface area contributed by atoms with Crippen molar-refractivity contribution in [2.75, 3.05) is 14.2 Å². The molecule has 172 valence electrons. The summed E-state index contributed by atoms with van der Waals surface area (Å²) in [7, 11) is 3.01. The van der Waals surface area contributed by atoms with E-state index in [4.69, 9.17) is 13.9 Å². The van der Waals surface area contributed by atoms with Crippen molar-refractivity contribution in [2.24, 2.45) is 0 Å². The quantitative estimate of drug-likeness (QED) is 0.454. The van der Waals surface area contributed by atoms with Crippen LogP contribution in [0.5, 0.6) is 11.5 Å². The highest BCUT2D eigenvalue weighted by Crippen LogP contribution is 2.27. The number of furan rings is 1. The first kappa shape index (κ1) is 23.7. The lowest BCUT2D eigenvalue weighted by atomic mass is 10.1. The molecule has 7 heteroatoms. The summed E-state index contributed by atoms with van der Waals surface area (Å²) in [6, 6.07) is 18.2. The molecule has 1 aromatic heterocycles. The van der Waals surface area contributed by atoms with Crippen molar-refractivity contribution in [2.45, 2.75) is 25.8 Å². The predicted octanol–water partition coefficient (Wildman–Crippen LogP) is 4.21. The Morgan fingerprint density at radius 3 is 2.42 bits per heavy atom. The van der Waals surface area contributed by atoms with Crippen LogP contribution >= 0.6 is 0 Å². The zero-order valence-corrected chi connectivity index (χ0v) is 19.0. The highest BCUT2D eigenvalue weighted by molar-refractivity contribution is 6.05. The largest absolute Gasteiger partial charge is 0.493 e. The van der Waals surface area contributed by atoms with Gasteiger partial charge in [0.2, 0.25) is 0 Å². The highest BCUT2D eigenvalue weighted by atomic mass is 16.5. The van der Waals surface area contributed by atoms with Crippen LogP contribution in [-0.4, -0.2) is 32.1 Å². The minimum Gasteiger partial charge on any atom is -0.493 e. The molecule has 0 spiro atoms. The second-order valence-corrected chi connectivity index (χ2v) is 7.50. The topological polar surface area (TPSA) is 89.8 Å². The monoisotopic (exact) mass is 448 g/mol. The predicted molar refractivity (Wildman–Crippen MR) is 126 cm³/mol. The first-order valence-electron chi connectivity index (χ1n) is 10.6. The SMILES string of the molecule is COc1ccc(C(=O)N/C(=C\c2ccco2)C(=O)N[C@@H](C)CCc2ccccc2)cc1OC. The molecule has 0 aliphatic rings. The van der Waals surface area contributed by atoms with Gasteiger partial charge in [-0.25, -0.2) is 0 Å². The third-order valence-corrected chi connectivity index (χ3v) is 5.05. The minimum absolute atomic E-state index is 0.0799. The summed E-state index contributed by atoms with van der Waals surface area (Å²) in [6.07, 6.45) is 4.59. The Balaban J connectivity index is 1.72. The van der Waals surface area contributed by atoms with Gasteiger partial charge < -0.3 is 24.5 Å². The van der Waals surface area contributed by atoms with Crippen LogP contribution in [0.2, 0.25) is 0 Å². The Labute approximate surface area is 193 Å². The summed E-state index contributed by atoms with van der Waals surface area (Å²) in [4.78, 5) is 25.9. The smallest absolute Gasteiger partial charge is 0.268 e. The molecule has 0 aliphatic heterocycles. The fourth-order valence-corrected chi connectivity index (χ4v) is 3.25. The van der Waals surface area contributed by atoms with Gasteiger partial charge in [-0.1, -0.05) is 30.3 Å². The van der Waals surface area contributed by atoms with Gasteiger partial charge in [0.05, 0.1) is 20.5 Å². The summed E-state index contributed by atoms with van der Waals surface area (Å²) in [5.41, 5.74) is 1.60. The van der Waals surface area contributed by atoms with Crippen molar-refractivity contribution in [3.05, 3.63) is 89.5 Å². The van der Waals surface area contributed by atoms with E-state index in [0.29, 0.717) is 22.8 Å². The second kappa shape index (κ2) is 11.6. The molecule has 0 unspecified atom stereocenters. The van der Waals surface area contributed by atoms with Crippen molar-refractivity contribution in [3.8, 4) is 11.5 Å². The van der Waals surface area contributed by atoms with E-state index in [1.807, 2.05) is 25.1 Å². The lowest BCUT2D eigenvalue weighted by Crippen LogP contribution is -2.39. The Morgan fingerprint density at radius 1 is 1.00 bits per heavy atom. The molecule has 7 nitrogen and oxygen atoms in total. The number of benzene rings is 2.